The standard InChI is InChI=1S/C12H7BrClN3/c13-9-5-3-8(4-6-9)11-15-16-12-10(14)2-1-7-17(11)12/h1-7H. The average Bonchev–Trinajstić information content (AvgIpc) is 2.75. The van der Waals surface area contributed by atoms with Crippen LogP contribution in [0.25, 0.3) is 17.0 Å². The molecule has 0 unspecified atom stereocenters. The molecule has 0 atom stereocenters. The first-order valence-corrected chi connectivity index (χ1v) is 6.18. The summed E-state index contributed by atoms with van der Waals surface area (Å²) < 4.78 is 2.92. The highest BCUT2D eigenvalue weighted by Gasteiger charge is 2.09. The van der Waals surface area contributed by atoms with Gasteiger partial charge in [-0.25, -0.2) is 0 Å². The maximum Gasteiger partial charge on any atom is 0.179 e. The van der Waals surface area contributed by atoms with E-state index in [9.17, 15) is 0 Å². The molecule has 17 heavy (non-hydrogen) atoms. The molecule has 0 aliphatic heterocycles. The molecule has 2 heterocycles. The molecule has 0 saturated carbocycles. The van der Waals surface area contributed by atoms with Crippen molar-refractivity contribution in [1.29, 1.82) is 0 Å². The van der Waals surface area contributed by atoms with E-state index in [-0.39, 0.29) is 0 Å². The lowest BCUT2D eigenvalue weighted by Gasteiger charge is -2.00. The number of benzene rings is 1. The Morgan fingerprint density at radius 2 is 1.82 bits per heavy atom. The third-order valence-electron chi connectivity index (χ3n) is 2.49. The van der Waals surface area contributed by atoms with Crippen molar-refractivity contribution in [3.63, 3.8) is 0 Å². The van der Waals surface area contributed by atoms with Gasteiger partial charge in [0.15, 0.2) is 11.5 Å². The zero-order valence-electron chi connectivity index (χ0n) is 8.64. The first-order chi connectivity index (χ1) is 8.25. The van der Waals surface area contributed by atoms with Gasteiger partial charge in [-0.2, -0.15) is 0 Å². The highest BCUT2D eigenvalue weighted by atomic mass is 79.9. The highest BCUT2D eigenvalue weighted by molar-refractivity contribution is 9.10. The minimum absolute atomic E-state index is 0.600. The van der Waals surface area contributed by atoms with Gasteiger partial charge < -0.3 is 0 Å². The van der Waals surface area contributed by atoms with E-state index in [4.69, 9.17) is 11.6 Å². The Bertz CT molecular complexity index is 676. The second kappa shape index (κ2) is 4.13. The van der Waals surface area contributed by atoms with E-state index in [1.54, 1.807) is 6.07 Å². The van der Waals surface area contributed by atoms with Crippen molar-refractivity contribution in [2.24, 2.45) is 0 Å². The Kier molecular flexibility index (Phi) is 2.61. The lowest BCUT2D eigenvalue weighted by Crippen LogP contribution is -1.88. The summed E-state index contributed by atoms with van der Waals surface area (Å²) in [4.78, 5) is 0. The fraction of sp³-hybridized carbons (Fsp3) is 0. The monoisotopic (exact) mass is 307 g/mol. The summed E-state index contributed by atoms with van der Waals surface area (Å²) in [6, 6.07) is 11.6. The van der Waals surface area contributed by atoms with Gasteiger partial charge in [0.05, 0.1) is 5.02 Å². The maximum atomic E-state index is 6.05. The molecule has 0 bridgehead atoms. The first-order valence-electron chi connectivity index (χ1n) is 5.01. The minimum atomic E-state index is 0.600. The molecular formula is C12H7BrClN3. The molecule has 1 aromatic carbocycles. The van der Waals surface area contributed by atoms with E-state index in [2.05, 4.69) is 26.1 Å². The van der Waals surface area contributed by atoms with Gasteiger partial charge in [-0.3, -0.25) is 4.40 Å². The molecule has 0 aliphatic rings. The number of aromatic nitrogens is 3. The number of nitrogens with zero attached hydrogens (tertiary/aromatic N) is 3. The molecule has 3 rings (SSSR count). The minimum Gasteiger partial charge on any atom is -0.281 e. The largest absolute Gasteiger partial charge is 0.281 e. The van der Waals surface area contributed by atoms with Crippen molar-refractivity contribution in [2.75, 3.05) is 0 Å². The molecule has 2 aromatic heterocycles. The van der Waals surface area contributed by atoms with Crippen LogP contribution in [-0.2, 0) is 0 Å². The molecule has 0 aliphatic carbocycles. The quantitative estimate of drug-likeness (QED) is 0.684. The predicted molar refractivity (Wildman–Crippen MR) is 71.1 cm³/mol. The van der Waals surface area contributed by atoms with Gasteiger partial charge in [0.2, 0.25) is 0 Å². The van der Waals surface area contributed by atoms with Gasteiger partial charge in [0.1, 0.15) is 0 Å². The lowest BCUT2D eigenvalue weighted by molar-refractivity contribution is 1.11. The topological polar surface area (TPSA) is 30.2 Å². The number of hydrogen-bond acceptors (Lipinski definition) is 2. The van der Waals surface area contributed by atoms with E-state index < -0.39 is 0 Å². The van der Waals surface area contributed by atoms with Crippen LogP contribution in [0.3, 0.4) is 0 Å². The van der Waals surface area contributed by atoms with E-state index in [1.165, 1.54) is 0 Å². The average molecular weight is 309 g/mol. The van der Waals surface area contributed by atoms with Crippen LogP contribution in [0.5, 0.6) is 0 Å². The predicted octanol–water partition coefficient (Wildman–Crippen LogP) is 3.81. The van der Waals surface area contributed by atoms with Crippen LogP contribution in [0.1, 0.15) is 0 Å². The smallest absolute Gasteiger partial charge is 0.179 e. The van der Waals surface area contributed by atoms with E-state index in [0.717, 1.165) is 15.9 Å². The van der Waals surface area contributed by atoms with Crippen LogP contribution in [-0.4, -0.2) is 14.6 Å². The molecular weight excluding hydrogens is 302 g/mol. The van der Waals surface area contributed by atoms with E-state index >= 15 is 0 Å². The summed E-state index contributed by atoms with van der Waals surface area (Å²) in [5.41, 5.74) is 1.68. The molecule has 0 spiro atoms. The Morgan fingerprint density at radius 3 is 2.59 bits per heavy atom. The highest BCUT2D eigenvalue weighted by Crippen LogP contribution is 2.23. The Balaban J connectivity index is 2.24. The molecule has 0 fully saturated rings. The van der Waals surface area contributed by atoms with Crippen molar-refractivity contribution >= 4 is 33.2 Å². The Hall–Kier alpha value is -1.39. The zero-order valence-corrected chi connectivity index (χ0v) is 11.0. The van der Waals surface area contributed by atoms with Crippen molar-refractivity contribution in [2.45, 2.75) is 0 Å². The summed E-state index contributed by atoms with van der Waals surface area (Å²) in [6.07, 6.45) is 1.90. The van der Waals surface area contributed by atoms with Crippen LogP contribution < -0.4 is 0 Å². The third-order valence-corrected chi connectivity index (χ3v) is 3.31. The summed E-state index contributed by atoms with van der Waals surface area (Å²) in [6.45, 7) is 0. The summed E-state index contributed by atoms with van der Waals surface area (Å²) >= 11 is 9.46. The van der Waals surface area contributed by atoms with Gasteiger partial charge in [0, 0.05) is 16.2 Å². The summed E-state index contributed by atoms with van der Waals surface area (Å²) in [5.74, 6) is 0.787. The van der Waals surface area contributed by atoms with Gasteiger partial charge in [-0.1, -0.05) is 39.7 Å². The molecule has 0 radical (unpaired) electrons. The number of halogens is 2. The summed E-state index contributed by atoms with van der Waals surface area (Å²) in [7, 11) is 0. The number of fused-ring (bicyclic) bond motifs is 1. The van der Waals surface area contributed by atoms with Gasteiger partial charge in [0.25, 0.3) is 0 Å². The Morgan fingerprint density at radius 1 is 1.06 bits per heavy atom. The number of pyridine rings is 1. The SMILES string of the molecule is Clc1cccn2c(-c3ccc(Br)cc3)nnc12. The first kappa shape index (κ1) is 10.7. The van der Waals surface area contributed by atoms with Gasteiger partial charge in [-0.15, -0.1) is 10.2 Å². The van der Waals surface area contributed by atoms with Crippen molar-refractivity contribution in [1.82, 2.24) is 14.6 Å². The molecule has 0 saturated heterocycles. The molecule has 5 heteroatoms. The van der Waals surface area contributed by atoms with Crippen molar-refractivity contribution in [3.8, 4) is 11.4 Å². The van der Waals surface area contributed by atoms with E-state index in [0.29, 0.717) is 10.7 Å². The van der Waals surface area contributed by atoms with E-state index in [1.807, 2.05) is 40.9 Å². The summed E-state index contributed by atoms with van der Waals surface area (Å²) in [5, 5.41) is 8.86. The molecule has 3 aromatic rings. The zero-order chi connectivity index (χ0) is 11.8. The third kappa shape index (κ3) is 1.83. The van der Waals surface area contributed by atoms with Crippen LogP contribution in [0.2, 0.25) is 5.02 Å². The number of hydrogen-bond donors (Lipinski definition) is 0. The van der Waals surface area contributed by atoms with Crippen LogP contribution in [0.15, 0.2) is 47.1 Å². The molecule has 84 valence electrons. The normalized spacial score (nSPS) is 10.9. The molecule has 3 nitrogen and oxygen atoms in total. The van der Waals surface area contributed by atoms with Crippen LogP contribution >= 0.6 is 27.5 Å². The fourth-order valence-corrected chi connectivity index (χ4v) is 2.15. The molecule has 0 amide bonds. The van der Waals surface area contributed by atoms with Gasteiger partial charge >= 0.3 is 0 Å². The van der Waals surface area contributed by atoms with Gasteiger partial charge in [-0.05, 0) is 24.3 Å². The maximum absolute atomic E-state index is 6.05. The second-order valence-corrected chi connectivity index (χ2v) is 4.90. The second-order valence-electron chi connectivity index (χ2n) is 3.58. The fourth-order valence-electron chi connectivity index (χ4n) is 1.68. The van der Waals surface area contributed by atoms with Crippen molar-refractivity contribution < 1.29 is 0 Å². The Labute approximate surface area is 111 Å². The van der Waals surface area contributed by atoms with Crippen molar-refractivity contribution in [3.05, 3.63) is 52.1 Å². The molecule has 0 N–H and O–H groups in total. The number of rotatable bonds is 1. The van der Waals surface area contributed by atoms with Crippen LogP contribution in [0, 0.1) is 0 Å². The lowest BCUT2D eigenvalue weighted by atomic mass is 10.2. The van der Waals surface area contributed by atoms with Crippen LogP contribution in [0.4, 0.5) is 0 Å².